The van der Waals surface area contributed by atoms with Crippen LogP contribution in [0.4, 0.5) is 22.0 Å². The molecule has 19 rings (SSSR count). The van der Waals surface area contributed by atoms with Crippen LogP contribution in [0.5, 0.6) is 0 Å². The predicted molar refractivity (Wildman–Crippen MR) is 483 cm³/mol. The van der Waals surface area contributed by atoms with Crippen molar-refractivity contribution in [2.75, 3.05) is 0 Å². The van der Waals surface area contributed by atoms with Gasteiger partial charge in [0.05, 0.1) is 62.2 Å². The third-order valence-corrected chi connectivity index (χ3v) is 26.8. The van der Waals surface area contributed by atoms with Gasteiger partial charge < -0.3 is 0 Å². The standard InChI is InChI=1S/C22H24FN2.C22H26FN2.3C21H22FN2/c1-14-11-20(23)15(2)10-18(14)22-19-12-17(16-6-4-5-7-16)8-9-21(19)24-13-25(22)3;1-6-16(7-2)17-9-8-10-18-21(17)24-13-25(5)22(18)19-11-15(4)20(23)12-14(19)3;1-13-11-19(22)14(2)10-18(13)21-17-9-5-8-16(15-6-4-7-15)20(17)23-12-24(21)3;1-13-10-19(22)14(2)9-17(13)21-18-11-16(15-5-4-6-15)7-8-20(18)23-12-24(21)3;1-13-10-19(22)14(2)9-18(13)21-17-8-7-16(15-5-4-6-15)11-20(17)23-12-24(21)3/h8-13,16H,4-7H2,1-3H3;8-13,16H,6-7H2,1-5H3;5,8-12,15H,4,6-7H2,1-3H3;2*7-12,15H,4-6H2,1-3H3/q5*+1. The molecule has 0 amide bonds. The van der Waals surface area contributed by atoms with Crippen LogP contribution in [0, 0.1) is 98.3 Å². The number of fused-ring (bicyclic) bond motifs is 5. The molecule has 0 radical (unpaired) electrons. The van der Waals surface area contributed by atoms with E-state index in [2.05, 4.69) is 124 Å². The average Bonchev–Trinajstić information content (AvgIpc) is 1.73. The molecule has 4 aliphatic rings. The van der Waals surface area contributed by atoms with E-state index in [0.717, 1.165) is 151 Å². The number of hydrogen-bond donors (Lipinski definition) is 0. The van der Waals surface area contributed by atoms with Crippen molar-refractivity contribution in [2.45, 2.75) is 209 Å². The van der Waals surface area contributed by atoms with Crippen molar-refractivity contribution < 1.29 is 44.8 Å². The number of aryl methyl sites for hydroxylation is 15. The number of para-hydroxylation sites is 2. The summed E-state index contributed by atoms with van der Waals surface area (Å²) in [5, 5.41) is 5.71. The lowest BCUT2D eigenvalue weighted by Gasteiger charge is -2.25. The second-order valence-corrected chi connectivity index (χ2v) is 35.3. The summed E-state index contributed by atoms with van der Waals surface area (Å²) in [4.78, 5) is 23.3. The maximum absolute atomic E-state index is 13.9. The molecular weight excluding hydrogens is 1520 g/mol. The Kier molecular flexibility index (Phi) is 25.5. The predicted octanol–water partition coefficient (Wildman–Crippen LogP) is 24.8. The summed E-state index contributed by atoms with van der Waals surface area (Å²) in [6, 6.07) is 50.8. The Morgan fingerprint density at radius 3 is 0.951 bits per heavy atom. The van der Waals surface area contributed by atoms with Gasteiger partial charge in [0.25, 0.3) is 31.6 Å². The second-order valence-electron chi connectivity index (χ2n) is 35.3. The van der Waals surface area contributed by atoms with E-state index in [-0.39, 0.29) is 29.1 Å². The Balaban J connectivity index is 0.000000118. The Labute approximate surface area is 716 Å². The molecule has 0 spiro atoms. The van der Waals surface area contributed by atoms with Gasteiger partial charge in [-0.25, -0.2) is 44.8 Å². The minimum absolute atomic E-state index is 0.145. The van der Waals surface area contributed by atoms with Gasteiger partial charge in [-0.1, -0.05) is 88.4 Å². The van der Waals surface area contributed by atoms with Gasteiger partial charge in [-0.05, 0) is 369 Å². The molecule has 4 fully saturated rings. The number of aromatic nitrogens is 10. The fourth-order valence-electron chi connectivity index (χ4n) is 18.8. The van der Waals surface area contributed by atoms with Crippen molar-refractivity contribution in [3.8, 4) is 56.3 Å². The summed E-state index contributed by atoms with van der Waals surface area (Å²) < 4.78 is 79.7. The highest BCUT2D eigenvalue weighted by Crippen LogP contribution is 2.45. The largest absolute Gasteiger partial charge is 0.287 e. The number of halogens is 5. The van der Waals surface area contributed by atoms with Crippen molar-refractivity contribution in [1.82, 2.24) is 24.9 Å². The van der Waals surface area contributed by atoms with Crippen LogP contribution in [0.15, 0.2) is 183 Å². The summed E-state index contributed by atoms with van der Waals surface area (Å²) >= 11 is 0. The van der Waals surface area contributed by atoms with Crippen molar-refractivity contribution >= 4 is 54.5 Å². The molecule has 10 aromatic carbocycles. The molecule has 0 saturated heterocycles. The Morgan fingerprint density at radius 2 is 0.590 bits per heavy atom. The fraction of sp³-hybridized carbons (Fsp3) is 0.346. The maximum Gasteiger partial charge on any atom is 0.287 e. The zero-order valence-corrected chi connectivity index (χ0v) is 74.2. The molecule has 0 atom stereocenters. The quantitative estimate of drug-likeness (QED) is 0.0899. The molecule has 10 nitrogen and oxygen atoms in total. The summed E-state index contributed by atoms with van der Waals surface area (Å²) in [5.41, 5.74) is 31.1. The molecule has 0 unspecified atom stereocenters. The highest BCUT2D eigenvalue weighted by atomic mass is 19.1. The summed E-state index contributed by atoms with van der Waals surface area (Å²) in [5.74, 6) is 2.45. The minimum Gasteiger partial charge on any atom is -0.232 e. The summed E-state index contributed by atoms with van der Waals surface area (Å²) in [6.45, 7) is 23.4. The van der Waals surface area contributed by atoms with E-state index in [1.807, 2.05) is 185 Å². The van der Waals surface area contributed by atoms with Crippen LogP contribution < -0.4 is 22.8 Å². The van der Waals surface area contributed by atoms with Crippen LogP contribution >= 0.6 is 0 Å². The van der Waals surface area contributed by atoms with E-state index >= 15 is 0 Å². The van der Waals surface area contributed by atoms with E-state index in [4.69, 9.17) is 9.97 Å². The third-order valence-electron chi connectivity index (χ3n) is 26.8. The highest BCUT2D eigenvalue weighted by Gasteiger charge is 2.31. The summed E-state index contributed by atoms with van der Waals surface area (Å²) in [6.07, 6.45) is 28.3. The molecule has 0 aliphatic heterocycles. The number of hydrogen-bond acceptors (Lipinski definition) is 5. The molecule has 624 valence electrons. The lowest BCUT2D eigenvalue weighted by molar-refractivity contribution is -0.662. The molecular formula is C107H116F5N10+5. The van der Waals surface area contributed by atoms with E-state index in [1.54, 1.807) is 30.3 Å². The van der Waals surface area contributed by atoms with E-state index in [9.17, 15) is 22.0 Å². The van der Waals surface area contributed by atoms with Gasteiger partial charge in [-0.15, -0.1) is 0 Å². The van der Waals surface area contributed by atoms with Crippen LogP contribution in [0.3, 0.4) is 0 Å². The van der Waals surface area contributed by atoms with E-state index in [1.165, 1.54) is 111 Å². The Hall–Kier alpha value is -11.5. The number of rotatable bonds is 12. The van der Waals surface area contributed by atoms with Gasteiger partial charge in [0.15, 0.2) is 27.6 Å². The lowest BCUT2D eigenvalue weighted by Crippen LogP contribution is -2.32. The zero-order valence-electron chi connectivity index (χ0n) is 74.2. The first-order valence-corrected chi connectivity index (χ1v) is 43.9. The van der Waals surface area contributed by atoms with Crippen LogP contribution in [0.2, 0.25) is 0 Å². The molecule has 4 saturated carbocycles. The number of benzene rings is 10. The van der Waals surface area contributed by atoms with Gasteiger partial charge in [-0.3, -0.25) is 0 Å². The molecule has 122 heavy (non-hydrogen) atoms. The van der Waals surface area contributed by atoms with E-state index in [0.29, 0.717) is 57.4 Å². The van der Waals surface area contributed by atoms with Crippen molar-refractivity contribution in [1.29, 1.82) is 0 Å². The smallest absolute Gasteiger partial charge is 0.232 e. The molecule has 5 heterocycles. The van der Waals surface area contributed by atoms with Crippen LogP contribution in [0.25, 0.3) is 111 Å². The average molecular weight is 1640 g/mol. The topological polar surface area (TPSA) is 83.8 Å². The monoisotopic (exact) mass is 1640 g/mol. The van der Waals surface area contributed by atoms with Crippen LogP contribution in [0.1, 0.15) is 223 Å². The van der Waals surface area contributed by atoms with Gasteiger partial charge in [0.1, 0.15) is 57.6 Å². The Bertz CT molecular complexity index is 6390. The number of nitrogens with zero attached hydrogens (tertiary/aromatic N) is 10. The first kappa shape index (κ1) is 85.5. The molecule has 15 heteroatoms. The molecule has 15 aromatic rings. The van der Waals surface area contributed by atoms with Gasteiger partial charge in [0, 0.05) is 38.9 Å². The molecule has 0 N–H and O–H groups in total. The second kappa shape index (κ2) is 36.3. The highest BCUT2D eigenvalue weighted by molar-refractivity contribution is 5.97. The lowest BCUT2D eigenvalue weighted by atomic mass is 9.79. The summed E-state index contributed by atoms with van der Waals surface area (Å²) in [7, 11) is 10.0. The normalized spacial score (nSPS) is 14.2. The molecule has 5 aromatic heterocycles. The zero-order chi connectivity index (χ0) is 86.2. The van der Waals surface area contributed by atoms with Crippen LogP contribution in [-0.2, 0) is 35.2 Å². The van der Waals surface area contributed by atoms with Crippen LogP contribution in [-0.4, -0.2) is 24.9 Å². The van der Waals surface area contributed by atoms with Gasteiger partial charge in [-0.2, -0.15) is 0 Å². The van der Waals surface area contributed by atoms with Gasteiger partial charge >= 0.3 is 0 Å². The molecule has 0 bridgehead atoms. The Morgan fingerprint density at radius 1 is 0.287 bits per heavy atom. The minimum atomic E-state index is -0.153. The first-order valence-electron chi connectivity index (χ1n) is 43.9. The first-order chi connectivity index (χ1) is 58.7. The third kappa shape index (κ3) is 17.3. The fourth-order valence-corrected chi connectivity index (χ4v) is 18.8. The maximum atomic E-state index is 13.9. The van der Waals surface area contributed by atoms with Crippen molar-refractivity contribution in [2.24, 2.45) is 35.2 Å². The van der Waals surface area contributed by atoms with E-state index < -0.39 is 0 Å². The van der Waals surface area contributed by atoms with Crippen molar-refractivity contribution in [3.05, 3.63) is 296 Å². The SMILES string of the molecule is CCC(CC)c1cccc2c(-c3cc(C)c(F)cc3C)[n+](C)cnc12.Cc1cc(-c2c3cc(C4CCC4)ccc3nc[n+]2C)c(C)cc1F.Cc1cc(-c2c3cc(C4CCCC4)ccc3nc[n+]2C)c(C)cc1F.Cc1cc(-c2c3ccc(C4CCC4)cc3nc[n+]2C)c(C)cc1F.Cc1cc(-c2c3cccc(C4CCC4)c3nc[n+]2C)c(C)cc1F. The van der Waals surface area contributed by atoms with Crippen molar-refractivity contribution in [3.63, 3.8) is 0 Å². The molecule has 4 aliphatic carbocycles. The van der Waals surface area contributed by atoms with Gasteiger partial charge in [0.2, 0.25) is 0 Å².